The third kappa shape index (κ3) is 6.37. The zero-order valence-electron chi connectivity index (χ0n) is 12.7. The normalized spacial score (nSPS) is 17.5. The minimum absolute atomic E-state index is 0.301. The van der Waals surface area contributed by atoms with Crippen molar-refractivity contribution >= 4 is 12.1 Å². The Bertz CT molecular complexity index is 300. The molecule has 1 aliphatic rings. The van der Waals surface area contributed by atoms with E-state index in [9.17, 15) is 9.59 Å². The average molecular weight is 285 g/mol. The largest absolute Gasteiger partial charge is 0.516 e. The molecule has 0 radical (unpaired) electrons. The van der Waals surface area contributed by atoms with Crippen LogP contribution in [0.5, 0.6) is 0 Å². The third-order valence-electron chi connectivity index (χ3n) is 3.83. The van der Waals surface area contributed by atoms with Crippen molar-refractivity contribution in [1.29, 1.82) is 0 Å². The van der Waals surface area contributed by atoms with Gasteiger partial charge in [-0.05, 0) is 25.8 Å². The van der Waals surface area contributed by atoms with Gasteiger partial charge in [-0.2, -0.15) is 0 Å². The Morgan fingerprint density at radius 1 is 1.25 bits per heavy atom. The highest BCUT2D eigenvalue weighted by atomic mass is 16.7. The van der Waals surface area contributed by atoms with Crippen LogP contribution in [0.1, 0.15) is 58.3 Å². The minimum atomic E-state index is -0.882. The van der Waals surface area contributed by atoms with Crippen LogP contribution in [0.4, 0.5) is 4.79 Å². The standard InChI is InChI=1S/C15H27NO4/c1-3-4-10-19-15(18)20-14(17)13(16-2)11-12-8-6-5-7-9-12/h12-13,16H,3-11H2,1-2H3/t13-/m0/s1. The number of rotatable bonds is 7. The lowest BCUT2D eigenvalue weighted by molar-refractivity contribution is -0.142. The van der Waals surface area contributed by atoms with Crippen molar-refractivity contribution in [2.45, 2.75) is 64.3 Å². The molecule has 0 saturated heterocycles. The number of esters is 1. The van der Waals surface area contributed by atoms with Gasteiger partial charge in [-0.25, -0.2) is 9.59 Å². The number of likely N-dealkylation sites (N-methyl/N-ethyl adjacent to an activating group) is 1. The zero-order chi connectivity index (χ0) is 14.8. The molecule has 0 bridgehead atoms. The predicted molar refractivity (Wildman–Crippen MR) is 76.4 cm³/mol. The van der Waals surface area contributed by atoms with Crippen LogP contribution < -0.4 is 5.32 Å². The van der Waals surface area contributed by atoms with E-state index in [1.54, 1.807) is 7.05 Å². The molecule has 1 saturated carbocycles. The Labute approximate surface area is 121 Å². The number of hydrogen-bond donors (Lipinski definition) is 1. The molecular formula is C15H27NO4. The van der Waals surface area contributed by atoms with Gasteiger partial charge in [0.25, 0.3) is 0 Å². The molecule has 5 heteroatoms. The molecule has 0 aromatic carbocycles. The molecule has 0 aliphatic heterocycles. The summed E-state index contributed by atoms with van der Waals surface area (Å²) >= 11 is 0. The first kappa shape index (κ1) is 17.0. The molecule has 1 aliphatic carbocycles. The van der Waals surface area contributed by atoms with E-state index >= 15 is 0 Å². The SMILES string of the molecule is CCCCOC(=O)OC(=O)[C@H](CC1CCCCC1)NC. The van der Waals surface area contributed by atoms with Crippen LogP contribution in [0.15, 0.2) is 0 Å². The number of carbonyl (C=O) groups excluding carboxylic acids is 2. The van der Waals surface area contributed by atoms with E-state index in [1.165, 1.54) is 19.3 Å². The highest BCUT2D eigenvalue weighted by Gasteiger charge is 2.26. The monoisotopic (exact) mass is 285 g/mol. The summed E-state index contributed by atoms with van der Waals surface area (Å²) in [6.07, 6.45) is 7.63. The first-order valence-corrected chi connectivity index (χ1v) is 7.73. The van der Waals surface area contributed by atoms with Crippen LogP contribution in [0.25, 0.3) is 0 Å². The summed E-state index contributed by atoms with van der Waals surface area (Å²) < 4.78 is 9.56. The van der Waals surface area contributed by atoms with Crippen LogP contribution >= 0.6 is 0 Å². The first-order valence-electron chi connectivity index (χ1n) is 7.73. The van der Waals surface area contributed by atoms with E-state index in [-0.39, 0.29) is 0 Å². The van der Waals surface area contributed by atoms with E-state index in [4.69, 9.17) is 9.47 Å². The lowest BCUT2D eigenvalue weighted by Gasteiger charge is -2.24. The van der Waals surface area contributed by atoms with Gasteiger partial charge in [0.2, 0.25) is 0 Å². The first-order chi connectivity index (χ1) is 9.67. The number of ether oxygens (including phenoxy) is 2. The van der Waals surface area contributed by atoms with E-state index < -0.39 is 18.2 Å². The van der Waals surface area contributed by atoms with Gasteiger partial charge in [-0.3, -0.25) is 0 Å². The fraction of sp³-hybridized carbons (Fsp3) is 0.867. The molecule has 1 atom stereocenters. The molecule has 0 aromatic heterocycles. The number of carbonyl (C=O) groups is 2. The predicted octanol–water partition coefficient (Wildman–Crippen LogP) is 3.02. The molecule has 20 heavy (non-hydrogen) atoms. The van der Waals surface area contributed by atoms with Crippen LogP contribution in [0, 0.1) is 5.92 Å². The van der Waals surface area contributed by atoms with Crippen molar-refractivity contribution in [1.82, 2.24) is 5.32 Å². The van der Waals surface area contributed by atoms with Gasteiger partial charge in [0.1, 0.15) is 6.04 Å². The van der Waals surface area contributed by atoms with Gasteiger partial charge in [0, 0.05) is 0 Å². The summed E-state index contributed by atoms with van der Waals surface area (Å²) in [5.41, 5.74) is 0. The Morgan fingerprint density at radius 2 is 1.95 bits per heavy atom. The molecule has 1 fully saturated rings. The van der Waals surface area contributed by atoms with Gasteiger partial charge in [0.05, 0.1) is 6.61 Å². The van der Waals surface area contributed by atoms with Gasteiger partial charge < -0.3 is 14.8 Å². The van der Waals surface area contributed by atoms with Crippen molar-refractivity contribution in [2.24, 2.45) is 5.92 Å². The third-order valence-corrected chi connectivity index (χ3v) is 3.83. The topological polar surface area (TPSA) is 64.6 Å². The van der Waals surface area contributed by atoms with Gasteiger partial charge in [-0.1, -0.05) is 45.4 Å². The maximum atomic E-state index is 11.9. The Hall–Kier alpha value is -1.10. The average Bonchev–Trinajstić information content (AvgIpc) is 2.46. The molecular weight excluding hydrogens is 258 g/mol. The molecule has 116 valence electrons. The van der Waals surface area contributed by atoms with Gasteiger partial charge in [0.15, 0.2) is 0 Å². The second kappa shape index (κ2) is 9.75. The second-order valence-electron chi connectivity index (χ2n) is 5.45. The molecule has 1 N–H and O–H groups in total. The lowest BCUT2D eigenvalue weighted by Crippen LogP contribution is -2.38. The fourth-order valence-corrected chi connectivity index (χ4v) is 2.57. The highest BCUT2D eigenvalue weighted by molar-refractivity contribution is 5.85. The Balaban J connectivity index is 2.31. The van der Waals surface area contributed by atoms with Crippen molar-refractivity contribution in [3.63, 3.8) is 0 Å². The summed E-state index contributed by atoms with van der Waals surface area (Å²) in [4.78, 5) is 23.3. The van der Waals surface area contributed by atoms with Gasteiger partial charge >= 0.3 is 12.1 Å². The van der Waals surface area contributed by atoms with E-state index in [1.807, 2.05) is 6.92 Å². The number of nitrogens with one attached hydrogen (secondary N) is 1. The van der Waals surface area contributed by atoms with Crippen molar-refractivity contribution < 1.29 is 19.1 Å². The molecule has 0 unspecified atom stereocenters. The molecule has 0 heterocycles. The van der Waals surface area contributed by atoms with E-state index in [0.717, 1.165) is 32.1 Å². The fourth-order valence-electron chi connectivity index (χ4n) is 2.57. The van der Waals surface area contributed by atoms with Gasteiger partial charge in [-0.15, -0.1) is 0 Å². The Morgan fingerprint density at radius 3 is 2.55 bits per heavy atom. The number of hydrogen-bond acceptors (Lipinski definition) is 5. The van der Waals surface area contributed by atoms with Crippen LogP contribution in [-0.2, 0) is 14.3 Å². The molecule has 0 amide bonds. The Kier molecular flexibility index (Phi) is 8.26. The summed E-state index contributed by atoms with van der Waals surface area (Å²) in [5, 5.41) is 2.94. The van der Waals surface area contributed by atoms with Crippen LogP contribution in [-0.4, -0.2) is 31.8 Å². The molecule has 5 nitrogen and oxygen atoms in total. The highest BCUT2D eigenvalue weighted by Crippen LogP contribution is 2.27. The van der Waals surface area contributed by atoms with Crippen molar-refractivity contribution in [3.8, 4) is 0 Å². The summed E-state index contributed by atoms with van der Waals surface area (Å²) in [6.45, 7) is 2.30. The van der Waals surface area contributed by atoms with Crippen LogP contribution in [0.2, 0.25) is 0 Å². The minimum Gasteiger partial charge on any atom is -0.434 e. The second-order valence-corrected chi connectivity index (χ2v) is 5.45. The quantitative estimate of drug-likeness (QED) is 0.442. The smallest absolute Gasteiger partial charge is 0.434 e. The van der Waals surface area contributed by atoms with Crippen molar-refractivity contribution in [3.05, 3.63) is 0 Å². The molecule has 0 spiro atoms. The summed E-state index contributed by atoms with van der Waals surface area (Å²) in [6, 6.07) is -0.420. The zero-order valence-corrected chi connectivity index (χ0v) is 12.7. The lowest BCUT2D eigenvalue weighted by atomic mass is 9.85. The van der Waals surface area contributed by atoms with E-state index in [2.05, 4.69) is 5.32 Å². The number of unbranched alkanes of at least 4 members (excludes halogenated alkanes) is 1. The molecule has 0 aromatic rings. The summed E-state index contributed by atoms with van der Waals surface area (Å²) in [5.74, 6) is 0.0180. The summed E-state index contributed by atoms with van der Waals surface area (Å²) in [7, 11) is 1.72. The maximum Gasteiger partial charge on any atom is 0.516 e. The molecule has 1 rings (SSSR count). The van der Waals surface area contributed by atoms with Crippen molar-refractivity contribution in [2.75, 3.05) is 13.7 Å². The van der Waals surface area contributed by atoms with Crippen LogP contribution in [0.3, 0.4) is 0 Å². The van der Waals surface area contributed by atoms with E-state index in [0.29, 0.717) is 12.5 Å². The maximum absolute atomic E-state index is 11.9.